The number of hydrazine groups is 1. The Labute approximate surface area is 156 Å². The van der Waals surface area contributed by atoms with E-state index in [1.807, 2.05) is 67.6 Å². The number of para-hydroxylation sites is 1. The second-order valence-corrected chi connectivity index (χ2v) is 6.64. The molecule has 1 aromatic heterocycles. The molecular formula is C20H19N5O2. The van der Waals surface area contributed by atoms with Gasteiger partial charge in [-0.05, 0) is 24.5 Å². The van der Waals surface area contributed by atoms with Gasteiger partial charge in [0.15, 0.2) is 5.82 Å². The fraction of sp³-hybridized carbons (Fsp3) is 0.200. The van der Waals surface area contributed by atoms with Gasteiger partial charge >= 0.3 is 5.91 Å². The lowest BCUT2D eigenvalue weighted by Crippen LogP contribution is -2.43. The average molecular weight is 361 g/mol. The Morgan fingerprint density at radius 1 is 1.00 bits per heavy atom. The minimum Gasteiger partial charge on any atom is -0.273 e. The molecule has 0 radical (unpaired) electrons. The number of rotatable bonds is 4. The SMILES string of the molecule is CC1CC1C(=O)NNC(=O)c1nc(-c2ccccc2)n(-c2ccccc2)n1. The van der Waals surface area contributed by atoms with Crippen LogP contribution in [0.15, 0.2) is 60.7 Å². The molecule has 136 valence electrons. The van der Waals surface area contributed by atoms with Crippen molar-refractivity contribution >= 4 is 11.8 Å². The number of hydrogen-bond acceptors (Lipinski definition) is 4. The molecule has 2 unspecified atom stereocenters. The normalized spacial score (nSPS) is 18.0. The van der Waals surface area contributed by atoms with Crippen molar-refractivity contribution in [1.29, 1.82) is 0 Å². The third-order valence-electron chi connectivity index (χ3n) is 4.59. The van der Waals surface area contributed by atoms with Crippen molar-refractivity contribution in [3.05, 3.63) is 66.5 Å². The lowest BCUT2D eigenvalue weighted by Gasteiger charge is -2.05. The van der Waals surface area contributed by atoms with Crippen LogP contribution in [0.3, 0.4) is 0 Å². The highest BCUT2D eigenvalue weighted by atomic mass is 16.2. The van der Waals surface area contributed by atoms with Crippen molar-refractivity contribution in [2.45, 2.75) is 13.3 Å². The molecule has 0 aliphatic heterocycles. The van der Waals surface area contributed by atoms with E-state index in [1.54, 1.807) is 4.68 Å². The smallest absolute Gasteiger partial charge is 0.273 e. The number of nitrogens with zero attached hydrogens (tertiary/aromatic N) is 3. The molecule has 1 fully saturated rings. The fourth-order valence-electron chi connectivity index (χ4n) is 2.89. The van der Waals surface area contributed by atoms with Gasteiger partial charge in [-0.1, -0.05) is 55.5 Å². The molecule has 4 rings (SSSR count). The van der Waals surface area contributed by atoms with Crippen LogP contribution in [-0.4, -0.2) is 26.6 Å². The summed E-state index contributed by atoms with van der Waals surface area (Å²) in [6.07, 6.45) is 0.848. The average Bonchev–Trinajstić information content (AvgIpc) is 3.28. The Bertz CT molecular complexity index is 912. The Hall–Kier alpha value is -3.48. The Kier molecular flexibility index (Phi) is 4.42. The minimum atomic E-state index is -0.552. The van der Waals surface area contributed by atoms with Gasteiger partial charge in [-0.25, -0.2) is 9.67 Å². The molecule has 2 atom stereocenters. The summed E-state index contributed by atoms with van der Waals surface area (Å²) >= 11 is 0. The van der Waals surface area contributed by atoms with Crippen LogP contribution in [0.2, 0.25) is 0 Å². The van der Waals surface area contributed by atoms with Crippen molar-refractivity contribution in [3.63, 3.8) is 0 Å². The van der Waals surface area contributed by atoms with Crippen LogP contribution in [0, 0.1) is 11.8 Å². The maximum Gasteiger partial charge on any atom is 0.309 e. The fourth-order valence-corrected chi connectivity index (χ4v) is 2.89. The third-order valence-corrected chi connectivity index (χ3v) is 4.59. The van der Waals surface area contributed by atoms with Crippen molar-refractivity contribution in [2.75, 3.05) is 0 Å². The van der Waals surface area contributed by atoms with E-state index in [2.05, 4.69) is 20.9 Å². The van der Waals surface area contributed by atoms with Gasteiger partial charge in [-0.2, -0.15) is 0 Å². The molecule has 2 aromatic carbocycles. The Morgan fingerprint density at radius 3 is 2.26 bits per heavy atom. The van der Waals surface area contributed by atoms with Crippen LogP contribution in [0.4, 0.5) is 0 Å². The maximum absolute atomic E-state index is 12.4. The number of hydrogen-bond donors (Lipinski definition) is 2. The van der Waals surface area contributed by atoms with E-state index in [0.717, 1.165) is 17.7 Å². The summed E-state index contributed by atoms with van der Waals surface area (Å²) in [6.45, 7) is 2.00. The molecule has 2 amide bonds. The molecule has 7 nitrogen and oxygen atoms in total. The largest absolute Gasteiger partial charge is 0.309 e. The molecule has 0 saturated heterocycles. The second-order valence-electron chi connectivity index (χ2n) is 6.64. The third kappa shape index (κ3) is 3.57. The van der Waals surface area contributed by atoms with Gasteiger partial charge in [0, 0.05) is 11.5 Å². The first kappa shape index (κ1) is 17.0. The zero-order valence-electron chi connectivity index (χ0n) is 14.8. The first-order valence-electron chi connectivity index (χ1n) is 8.81. The summed E-state index contributed by atoms with van der Waals surface area (Å²) in [5, 5.41) is 4.35. The minimum absolute atomic E-state index is 0.0122. The molecule has 2 N–H and O–H groups in total. The standard InChI is InChI=1S/C20H19N5O2/c1-13-12-16(13)19(26)22-23-20(27)17-21-18(14-8-4-2-5-9-14)25(24-17)15-10-6-3-7-11-15/h2-11,13,16H,12H2,1H3,(H,22,26)(H,23,27). The molecule has 1 aliphatic rings. The first-order chi connectivity index (χ1) is 13.1. The lowest BCUT2D eigenvalue weighted by molar-refractivity contribution is -0.123. The number of benzene rings is 2. The van der Waals surface area contributed by atoms with E-state index >= 15 is 0 Å². The van der Waals surface area contributed by atoms with E-state index in [0.29, 0.717) is 11.7 Å². The zero-order valence-corrected chi connectivity index (χ0v) is 14.8. The summed E-state index contributed by atoms with van der Waals surface area (Å²) in [7, 11) is 0. The predicted molar refractivity (Wildman–Crippen MR) is 99.7 cm³/mol. The number of carbonyl (C=O) groups is 2. The quantitative estimate of drug-likeness (QED) is 0.698. The lowest BCUT2D eigenvalue weighted by atomic mass is 10.2. The number of nitrogens with one attached hydrogen (secondary N) is 2. The molecule has 0 bridgehead atoms. The van der Waals surface area contributed by atoms with Crippen molar-refractivity contribution in [1.82, 2.24) is 25.6 Å². The van der Waals surface area contributed by atoms with Crippen LogP contribution < -0.4 is 10.9 Å². The van der Waals surface area contributed by atoms with Gasteiger partial charge in [-0.15, -0.1) is 5.10 Å². The highest BCUT2D eigenvalue weighted by molar-refractivity contribution is 5.93. The van der Waals surface area contributed by atoms with Gasteiger partial charge in [0.2, 0.25) is 11.7 Å². The Balaban J connectivity index is 1.61. The number of carbonyl (C=O) groups excluding carboxylic acids is 2. The zero-order chi connectivity index (χ0) is 18.8. The van der Waals surface area contributed by atoms with Gasteiger partial charge in [0.05, 0.1) is 5.69 Å². The van der Waals surface area contributed by atoms with Gasteiger partial charge in [0.1, 0.15) is 0 Å². The van der Waals surface area contributed by atoms with Gasteiger partial charge in [0.25, 0.3) is 0 Å². The van der Waals surface area contributed by atoms with E-state index in [1.165, 1.54) is 0 Å². The molecule has 7 heteroatoms. The summed E-state index contributed by atoms with van der Waals surface area (Å²) in [4.78, 5) is 28.7. The van der Waals surface area contributed by atoms with E-state index < -0.39 is 5.91 Å². The first-order valence-corrected chi connectivity index (χ1v) is 8.81. The maximum atomic E-state index is 12.4. The Morgan fingerprint density at radius 2 is 1.63 bits per heavy atom. The monoisotopic (exact) mass is 361 g/mol. The van der Waals surface area contributed by atoms with Gasteiger partial charge < -0.3 is 0 Å². The summed E-state index contributed by atoms with van der Waals surface area (Å²) in [5.41, 5.74) is 6.49. The molecule has 27 heavy (non-hydrogen) atoms. The molecule has 0 spiro atoms. The summed E-state index contributed by atoms with van der Waals surface area (Å²) in [6, 6.07) is 19.0. The second kappa shape index (κ2) is 7.03. The predicted octanol–water partition coefficient (Wildman–Crippen LogP) is 2.35. The van der Waals surface area contributed by atoms with Crippen LogP contribution in [-0.2, 0) is 4.79 Å². The molecule has 1 heterocycles. The van der Waals surface area contributed by atoms with Crippen molar-refractivity contribution in [3.8, 4) is 17.1 Å². The number of amides is 2. The van der Waals surface area contributed by atoms with Crippen LogP contribution in [0.5, 0.6) is 0 Å². The van der Waals surface area contributed by atoms with Crippen molar-refractivity contribution < 1.29 is 9.59 Å². The molecular weight excluding hydrogens is 342 g/mol. The van der Waals surface area contributed by atoms with E-state index in [9.17, 15) is 9.59 Å². The van der Waals surface area contributed by atoms with Crippen LogP contribution >= 0.6 is 0 Å². The van der Waals surface area contributed by atoms with Gasteiger partial charge in [-0.3, -0.25) is 20.4 Å². The van der Waals surface area contributed by atoms with Crippen molar-refractivity contribution in [2.24, 2.45) is 11.8 Å². The van der Waals surface area contributed by atoms with E-state index in [4.69, 9.17) is 0 Å². The molecule has 1 saturated carbocycles. The van der Waals surface area contributed by atoms with Crippen LogP contribution in [0.1, 0.15) is 24.0 Å². The number of aromatic nitrogens is 3. The summed E-state index contributed by atoms with van der Waals surface area (Å²) in [5.74, 6) is 0.142. The highest BCUT2D eigenvalue weighted by Gasteiger charge is 2.39. The highest BCUT2D eigenvalue weighted by Crippen LogP contribution is 2.37. The van der Waals surface area contributed by atoms with E-state index in [-0.39, 0.29) is 17.6 Å². The summed E-state index contributed by atoms with van der Waals surface area (Å²) < 4.78 is 1.62. The molecule has 1 aliphatic carbocycles. The van der Waals surface area contributed by atoms with Crippen LogP contribution in [0.25, 0.3) is 17.1 Å². The topological polar surface area (TPSA) is 88.9 Å². The molecule has 3 aromatic rings.